The van der Waals surface area contributed by atoms with Crippen LogP contribution in [0.25, 0.3) is 0 Å². The molecule has 0 aliphatic carbocycles. The van der Waals surface area contributed by atoms with Gasteiger partial charge in [0.15, 0.2) is 6.61 Å². The summed E-state index contributed by atoms with van der Waals surface area (Å²) in [7, 11) is 1.27. The molecular formula is C14H12Cl2N4O5. The number of H-pyrrole nitrogens is 1. The number of carbonyl (C=O) groups excluding carboxylic acids is 2. The van der Waals surface area contributed by atoms with Gasteiger partial charge in [-0.2, -0.15) is 0 Å². The van der Waals surface area contributed by atoms with E-state index in [1.807, 2.05) is 4.98 Å². The van der Waals surface area contributed by atoms with E-state index >= 15 is 0 Å². The van der Waals surface area contributed by atoms with E-state index in [0.29, 0.717) is 0 Å². The Morgan fingerprint density at radius 2 is 1.88 bits per heavy atom. The molecule has 1 aromatic carbocycles. The number of ether oxygens (including phenoxy) is 1. The van der Waals surface area contributed by atoms with E-state index in [1.165, 1.54) is 19.2 Å². The standard InChI is InChI=1S/C14H12Cl2N4O5/c1-20-11(18)9(12(22)19-14(20)24)8(21)4-25-13(23)6-2-5(15)3-7(16)10(6)17/h2-3H,4,17-18H2,1H3,(H,19,22,24). The maximum Gasteiger partial charge on any atom is 0.340 e. The summed E-state index contributed by atoms with van der Waals surface area (Å²) in [5, 5.41) is 0.195. The van der Waals surface area contributed by atoms with E-state index in [1.54, 1.807) is 0 Å². The molecule has 1 heterocycles. The topological polar surface area (TPSA) is 150 Å². The maximum atomic E-state index is 12.1. The molecule has 0 aliphatic rings. The molecule has 132 valence electrons. The van der Waals surface area contributed by atoms with Gasteiger partial charge in [0, 0.05) is 12.1 Å². The van der Waals surface area contributed by atoms with Crippen molar-refractivity contribution in [3.63, 3.8) is 0 Å². The van der Waals surface area contributed by atoms with Crippen molar-refractivity contribution in [3.05, 3.63) is 54.1 Å². The number of halogens is 2. The Morgan fingerprint density at radius 3 is 2.52 bits per heavy atom. The quantitative estimate of drug-likeness (QED) is 0.395. The van der Waals surface area contributed by atoms with Gasteiger partial charge in [-0.15, -0.1) is 0 Å². The van der Waals surface area contributed by atoms with Gasteiger partial charge >= 0.3 is 11.7 Å². The van der Waals surface area contributed by atoms with Crippen LogP contribution in [0.1, 0.15) is 20.7 Å². The molecule has 0 unspecified atom stereocenters. The summed E-state index contributed by atoms with van der Waals surface area (Å²) in [5.41, 5.74) is 8.81. The number of nitrogens with two attached hydrogens (primary N) is 2. The third-order valence-electron chi connectivity index (χ3n) is 3.30. The highest BCUT2D eigenvalue weighted by molar-refractivity contribution is 6.37. The number of esters is 1. The molecule has 1 aromatic heterocycles. The van der Waals surface area contributed by atoms with Crippen LogP contribution in [0.5, 0.6) is 0 Å². The van der Waals surface area contributed by atoms with Crippen LogP contribution in [0.4, 0.5) is 11.5 Å². The highest BCUT2D eigenvalue weighted by Crippen LogP contribution is 2.28. The monoisotopic (exact) mass is 386 g/mol. The Morgan fingerprint density at radius 1 is 1.24 bits per heavy atom. The van der Waals surface area contributed by atoms with Crippen molar-refractivity contribution in [2.45, 2.75) is 0 Å². The average molecular weight is 387 g/mol. The third kappa shape index (κ3) is 3.67. The number of carbonyl (C=O) groups is 2. The first kappa shape index (κ1) is 18.6. The summed E-state index contributed by atoms with van der Waals surface area (Å²) in [6.07, 6.45) is 0. The summed E-state index contributed by atoms with van der Waals surface area (Å²) in [6, 6.07) is 2.56. The number of aromatic nitrogens is 2. The number of aromatic amines is 1. The molecule has 2 rings (SSSR count). The Kier molecular flexibility index (Phi) is 5.19. The molecular weight excluding hydrogens is 375 g/mol. The zero-order chi connectivity index (χ0) is 18.9. The van der Waals surface area contributed by atoms with Crippen molar-refractivity contribution in [3.8, 4) is 0 Å². The van der Waals surface area contributed by atoms with Crippen LogP contribution in [-0.2, 0) is 11.8 Å². The molecule has 0 radical (unpaired) electrons. The lowest BCUT2D eigenvalue weighted by Crippen LogP contribution is -2.35. The fourth-order valence-electron chi connectivity index (χ4n) is 1.94. The lowest BCUT2D eigenvalue weighted by Gasteiger charge is -2.10. The Labute approximate surface area is 150 Å². The maximum absolute atomic E-state index is 12.1. The Balaban J connectivity index is 2.24. The molecule has 0 saturated heterocycles. The summed E-state index contributed by atoms with van der Waals surface area (Å²) >= 11 is 11.6. The number of anilines is 2. The van der Waals surface area contributed by atoms with Crippen molar-refractivity contribution in [2.75, 3.05) is 18.1 Å². The van der Waals surface area contributed by atoms with Crippen molar-refractivity contribution in [1.29, 1.82) is 0 Å². The molecule has 5 N–H and O–H groups in total. The smallest absolute Gasteiger partial charge is 0.340 e. The predicted octanol–water partition coefficient (Wildman–Crippen LogP) is 0.585. The van der Waals surface area contributed by atoms with Crippen LogP contribution in [0, 0.1) is 0 Å². The predicted molar refractivity (Wildman–Crippen MR) is 92.2 cm³/mol. The van der Waals surface area contributed by atoms with Gasteiger partial charge in [0.25, 0.3) is 5.56 Å². The minimum atomic E-state index is -0.980. The van der Waals surface area contributed by atoms with E-state index in [4.69, 9.17) is 39.4 Å². The largest absolute Gasteiger partial charge is 0.454 e. The third-order valence-corrected chi connectivity index (χ3v) is 3.83. The number of nitrogens with one attached hydrogen (secondary N) is 1. The highest BCUT2D eigenvalue weighted by Gasteiger charge is 2.21. The molecule has 0 amide bonds. The first-order valence-corrected chi connectivity index (χ1v) is 7.42. The van der Waals surface area contributed by atoms with Gasteiger partial charge in [-0.3, -0.25) is 19.1 Å². The number of nitrogens with zero attached hydrogens (tertiary/aromatic N) is 1. The Bertz CT molecular complexity index is 996. The highest BCUT2D eigenvalue weighted by atomic mass is 35.5. The molecule has 0 atom stereocenters. The second kappa shape index (κ2) is 6.99. The second-order valence-corrected chi connectivity index (χ2v) is 5.77. The summed E-state index contributed by atoms with van der Waals surface area (Å²) in [4.78, 5) is 49.2. The van der Waals surface area contributed by atoms with Crippen LogP contribution in [0.3, 0.4) is 0 Å². The minimum absolute atomic E-state index is 0.0459. The molecule has 11 heteroatoms. The second-order valence-electron chi connectivity index (χ2n) is 4.93. The molecule has 0 aliphatic heterocycles. The van der Waals surface area contributed by atoms with E-state index in [9.17, 15) is 19.2 Å². The van der Waals surface area contributed by atoms with Crippen molar-refractivity contribution >= 4 is 46.5 Å². The summed E-state index contributed by atoms with van der Waals surface area (Å²) in [5.74, 6) is -2.20. The van der Waals surface area contributed by atoms with Gasteiger partial charge in [0.2, 0.25) is 5.78 Å². The van der Waals surface area contributed by atoms with Crippen LogP contribution >= 0.6 is 23.2 Å². The molecule has 0 fully saturated rings. The van der Waals surface area contributed by atoms with Crippen molar-refractivity contribution in [1.82, 2.24) is 9.55 Å². The molecule has 9 nitrogen and oxygen atoms in total. The number of nitrogen functional groups attached to an aromatic ring is 2. The number of ketones is 1. The van der Waals surface area contributed by atoms with Crippen LogP contribution in [-0.4, -0.2) is 27.9 Å². The fraction of sp³-hybridized carbons (Fsp3) is 0.143. The molecule has 0 spiro atoms. The molecule has 0 saturated carbocycles. The van der Waals surface area contributed by atoms with Crippen molar-refractivity contribution < 1.29 is 14.3 Å². The number of hydrogen-bond donors (Lipinski definition) is 3. The van der Waals surface area contributed by atoms with E-state index in [-0.39, 0.29) is 27.1 Å². The van der Waals surface area contributed by atoms with E-state index in [0.717, 1.165) is 4.57 Å². The summed E-state index contributed by atoms with van der Waals surface area (Å²) < 4.78 is 5.71. The van der Waals surface area contributed by atoms with E-state index in [2.05, 4.69) is 0 Å². The molecule has 25 heavy (non-hydrogen) atoms. The molecule has 2 aromatic rings. The number of hydrogen-bond acceptors (Lipinski definition) is 7. The zero-order valence-corrected chi connectivity index (χ0v) is 14.3. The van der Waals surface area contributed by atoms with Crippen LogP contribution < -0.4 is 22.7 Å². The van der Waals surface area contributed by atoms with Gasteiger partial charge in [0.1, 0.15) is 11.4 Å². The van der Waals surface area contributed by atoms with Gasteiger partial charge < -0.3 is 16.2 Å². The number of rotatable bonds is 4. The van der Waals surface area contributed by atoms with Crippen molar-refractivity contribution in [2.24, 2.45) is 7.05 Å². The van der Waals surface area contributed by atoms with Gasteiger partial charge in [-0.25, -0.2) is 9.59 Å². The normalized spacial score (nSPS) is 10.5. The number of benzene rings is 1. The first-order chi connectivity index (χ1) is 11.6. The lowest BCUT2D eigenvalue weighted by molar-refractivity contribution is 0.0475. The Hall–Kier alpha value is -2.78. The first-order valence-electron chi connectivity index (χ1n) is 6.67. The molecule has 0 bridgehead atoms. The van der Waals surface area contributed by atoms with Crippen LogP contribution in [0.2, 0.25) is 10.0 Å². The zero-order valence-electron chi connectivity index (χ0n) is 12.8. The van der Waals surface area contributed by atoms with Gasteiger partial charge in [0.05, 0.1) is 16.3 Å². The van der Waals surface area contributed by atoms with E-state index < -0.39 is 35.2 Å². The van der Waals surface area contributed by atoms with Gasteiger partial charge in [-0.1, -0.05) is 23.2 Å². The summed E-state index contributed by atoms with van der Waals surface area (Å²) in [6.45, 7) is -0.798. The average Bonchev–Trinajstić information content (AvgIpc) is 2.53. The van der Waals surface area contributed by atoms with Crippen LogP contribution in [0.15, 0.2) is 21.7 Å². The minimum Gasteiger partial charge on any atom is -0.454 e. The lowest BCUT2D eigenvalue weighted by atomic mass is 10.2. The van der Waals surface area contributed by atoms with Gasteiger partial charge in [-0.05, 0) is 12.1 Å². The SMILES string of the molecule is Cn1c(N)c(C(=O)COC(=O)c2cc(Cl)cc(Cl)c2N)c(=O)[nH]c1=O. The number of Topliss-reactive ketones (excluding diaryl/α,β-unsaturated/α-hetero) is 1. The fourth-order valence-corrected chi connectivity index (χ4v) is 2.43.